The molecule has 2 N–H and O–H groups in total. The molecule has 0 radical (unpaired) electrons. The van der Waals surface area contributed by atoms with Crippen LogP contribution >= 0.6 is 22.9 Å². The van der Waals surface area contributed by atoms with E-state index in [0.29, 0.717) is 28.6 Å². The first-order chi connectivity index (χ1) is 12.3. The number of benzene rings is 1. The van der Waals surface area contributed by atoms with Crippen LogP contribution in [0.5, 0.6) is 11.5 Å². The van der Waals surface area contributed by atoms with Crippen LogP contribution in [0.3, 0.4) is 0 Å². The van der Waals surface area contributed by atoms with Crippen LogP contribution in [0.2, 0.25) is 5.02 Å². The van der Waals surface area contributed by atoms with Gasteiger partial charge in [-0.3, -0.25) is 4.79 Å². The molecule has 0 aliphatic carbocycles. The van der Waals surface area contributed by atoms with Gasteiger partial charge in [-0.2, -0.15) is 0 Å². The molecule has 0 spiro atoms. The van der Waals surface area contributed by atoms with Crippen molar-refractivity contribution in [3.8, 4) is 11.5 Å². The third-order valence-corrected chi connectivity index (χ3v) is 5.16. The molecule has 7 heteroatoms. The van der Waals surface area contributed by atoms with Crippen LogP contribution in [0, 0.1) is 0 Å². The summed E-state index contributed by atoms with van der Waals surface area (Å²) in [7, 11) is 5.69. The Morgan fingerprint density at radius 2 is 2.08 bits per heavy atom. The van der Waals surface area contributed by atoms with Crippen LogP contribution in [0.4, 0.5) is 0 Å². The van der Waals surface area contributed by atoms with Gasteiger partial charge in [0, 0.05) is 5.56 Å². The summed E-state index contributed by atoms with van der Waals surface area (Å²) in [6, 6.07) is 7.57. The molecule has 2 aromatic rings. The van der Waals surface area contributed by atoms with Gasteiger partial charge in [-0.05, 0) is 37.4 Å². The molecule has 1 heterocycles. The lowest BCUT2D eigenvalue weighted by Crippen LogP contribution is -3.06. The summed E-state index contributed by atoms with van der Waals surface area (Å²) in [6.07, 6.45) is -0.0457. The molecule has 0 fully saturated rings. The summed E-state index contributed by atoms with van der Waals surface area (Å²) in [6.45, 7) is 4.35. The molecule has 2 rings (SSSR count). The van der Waals surface area contributed by atoms with E-state index in [4.69, 9.17) is 21.1 Å². The zero-order chi connectivity index (χ0) is 19.3. The van der Waals surface area contributed by atoms with E-state index >= 15 is 0 Å². The number of amides is 1. The minimum Gasteiger partial charge on any atom is -0.493 e. The number of quaternary nitrogens is 1. The lowest BCUT2D eigenvalue weighted by Gasteiger charge is -2.21. The van der Waals surface area contributed by atoms with Crippen molar-refractivity contribution in [1.29, 1.82) is 0 Å². The van der Waals surface area contributed by atoms with Crippen molar-refractivity contribution >= 4 is 28.8 Å². The predicted octanol–water partition coefficient (Wildman–Crippen LogP) is 2.81. The number of carbonyl (C=O) groups excluding carboxylic acids is 1. The number of hydrogen-bond acceptors (Lipinski definition) is 4. The molecule has 26 heavy (non-hydrogen) atoms. The molecular weight excluding hydrogens is 372 g/mol. The molecule has 0 saturated heterocycles. The van der Waals surface area contributed by atoms with Gasteiger partial charge in [0.1, 0.15) is 6.04 Å². The van der Waals surface area contributed by atoms with Gasteiger partial charge in [-0.25, -0.2) is 0 Å². The van der Waals surface area contributed by atoms with E-state index in [1.807, 2.05) is 25.3 Å². The van der Waals surface area contributed by atoms with Gasteiger partial charge in [0.15, 0.2) is 11.5 Å². The smallest absolute Gasteiger partial charge is 0.251 e. The van der Waals surface area contributed by atoms with Crippen molar-refractivity contribution < 1.29 is 19.2 Å². The van der Waals surface area contributed by atoms with Crippen molar-refractivity contribution in [3.63, 3.8) is 0 Å². The summed E-state index contributed by atoms with van der Waals surface area (Å²) in [5.41, 5.74) is 0.446. The second-order valence-electron chi connectivity index (χ2n) is 6.51. The SMILES string of the molecule is COc1cc(C(=O)NC[C@H](c2cccs2)[NH+](C)C)cc(Cl)c1OC(C)C. The number of ether oxygens (including phenoxy) is 2. The van der Waals surface area contributed by atoms with Gasteiger partial charge in [0.2, 0.25) is 0 Å². The molecule has 0 unspecified atom stereocenters. The maximum Gasteiger partial charge on any atom is 0.251 e. The van der Waals surface area contributed by atoms with Gasteiger partial charge < -0.3 is 19.7 Å². The number of hydrogen-bond donors (Lipinski definition) is 2. The zero-order valence-electron chi connectivity index (χ0n) is 15.8. The first kappa shape index (κ1) is 20.6. The van der Waals surface area contributed by atoms with Gasteiger partial charge in [0.05, 0.1) is 43.8 Å². The first-order valence-electron chi connectivity index (χ1n) is 8.49. The molecular formula is C19H26ClN2O3S+. The number of thiophene rings is 1. The highest BCUT2D eigenvalue weighted by molar-refractivity contribution is 7.10. The highest BCUT2D eigenvalue weighted by atomic mass is 35.5. The molecule has 1 atom stereocenters. The van der Waals surface area contributed by atoms with Gasteiger partial charge in [-0.1, -0.05) is 17.7 Å². The fraction of sp³-hybridized carbons (Fsp3) is 0.421. The van der Waals surface area contributed by atoms with Crippen molar-refractivity contribution in [1.82, 2.24) is 5.32 Å². The van der Waals surface area contributed by atoms with E-state index in [9.17, 15) is 4.79 Å². The molecule has 1 aromatic heterocycles. The Bertz CT molecular complexity index is 733. The second kappa shape index (κ2) is 9.26. The fourth-order valence-electron chi connectivity index (χ4n) is 2.58. The molecule has 142 valence electrons. The van der Waals surface area contributed by atoms with Gasteiger partial charge >= 0.3 is 0 Å². The molecule has 5 nitrogen and oxygen atoms in total. The van der Waals surface area contributed by atoms with E-state index in [2.05, 4.69) is 25.5 Å². The second-order valence-corrected chi connectivity index (χ2v) is 7.90. The van der Waals surface area contributed by atoms with Crippen molar-refractivity contribution in [2.24, 2.45) is 0 Å². The van der Waals surface area contributed by atoms with Gasteiger partial charge in [-0.15, -0.1) is 11.3 Å². The van der Waals surface area contributed by atoms with Crippen molar-refractivity contribution in [2.75, 3.05) is 27.7 Å². The van der Waals surface area contributed by atoms with Crippen LogP contribution in [0.1, 0.15) is 35.1 Å². The van der Waals surface area contributed by atoms with Crippen LogP contribution in [-0.4, -0.2) is 39.8 Å². The Balaban J connectivity index is 2.15. The summed E-state index contributed by atoms with van der Waals surface area (Å²) < 4.78 is 11.0. The molecule has 1 aromatic carbocycles. The zero-order valence-corrected chi connectivity index (χ0v) is 17.3. The highest BCUT2D eigenvalue weighted by Crippen LogP contribution is 2.37. The number of rotatable bonds is 8. The van der Waals surface area contributed by atoms with Crippen LogP contribution in [0.25, 0.3) is 0 Å². The fourth-order valence-corrected chi connectivity index (χ4v) is 3.79. The summed E-state index contributed by atoms with van der Waals surface area (Å²) in [5, 5.41) is 5.40. The monoisotopic (exact) mass is 397 g/mol. The molecule has 0 saturated carbocycles. The van der Waals surface area contributed by atoms with E-state index in [-0.39, 0.29) is 18.1 Å². The number of nitrogens with one attached hydrogen (secondary N) is 2. The predicted molar refractivity (Wildman–Crippen MR) is 106 cm³/mol. The summed E-state index contributed by atoms with van der Waals surface area (Å²) in [5.74, 6) is 0.711. The quantitative estimate of drug-likeness (QED) is 0.720. The largest absolute Gasteiger partial charge is 0.493 e. The Labute approximate surface area is 163 Å². The lowest BCUT2D eigenvalue weighted by molar-refractivity contribution is -0.890. The van der Waals surface area contributed by atoms with E-state index < -0.39 is 0 Å². The number of likely N-dealkylation sites (N-methyl/N-ethyl adjacent to an activating group) is 1. The summed E-state index contributed by atoms with van der Waals surface area (Å²) in [4.78, 5) is 15.1. The molecule has 1 amide bonds. The minimum atomic E-state index is -0.191. The van der Waals surface area contributed by atoms with Crippen LogP contribution < -0.4 is 19.7 Å². The summed E-state index contributed by atoms with van der Waals surface area (Å²) >= 11 is 8.00. The Kier molecular flexibility index (Phi) is 7.32. The maximum absolute atomic E-state index is 12.6. The average molecular weight is 398 g/mol. The number of halogens is 1. The molecule has 0 aliphatic heterocycles. The van der Waals surface area contributed by atoms with Crippen LogP contribution in [-0.2, 0) is 0 Å². The first-order valence-corrected chi connectivity index (χ1v) is 9.75. The standard InChI is InChI=1S/C19H25ClN2O3S/c1-12(2)25-18-14(20)9-13(10-16(18)24-5)19(23)21-11-15(22(3)4)17-7-6-8-26-17/h6-10,12,15H,11H2,1-5H3,(H,21,23)/p+1/t15-/m1/s1. The topological polar surface area (TPSA) is 52.0 Å². The Hall–Kier alpha value is -1.76. The van der Waals surface area contributed by atoms with E-state index in [0.717, 1.165) is 0 Å². The van der Waals surface area contributed by atoms with Crippen molar-refractivity contribution in [2.45, 2.75) is 26.0 Å². The third-order valence-electron chi connectivity index (χ3n) is 3.90. The van der Waals surface area contributed by atoms with Gasteiger partial charge in [0.25, 0.3) is 5.91 Å². The normalized spacial score (nSPS) is 12.3. The highest BCUT2D eigenvalue weighted by Gasteiger charge is 2.21. The van der Waals surface area contributed by atoms with E-state index in [1.165, 1.54) is 16.9 Å². The average Bonchev–Trinajstić information content (AvgIpc) is 3.10. The van der Waals surface area contributed by atoms with E-state index in [1.54, 1.807) is 23.5 Å². The Morgan fingerprint density at radius 3 is 2.62 bits per heavy atom. The Morgan fingerprint density at radius 1 is 1.35 bits per heavy atom. The van der Waals surface area contributed by atoms with Crippen molar-refractivity contribution in [3.05, 3.63) is 45.1 Å². The van der Waals surface area contributed by atoms with Crippen LogP contribution in [0.15, 0.2) is 29.6 Å². The molecule has 0 bridgehead atoms. The maximum atomic E-state index is 12.6. The minimum absolute atomic E-state index is 0.0457. The lowest BCUT2D eigenvalue weighted by atomic mass is 10.1. The third kappa shape index (κ3) is 5.13. The molecule has 0 aliphatic rings. The number of carbonyl (C=O) groups is 1. The number of methoxy groups -OCH3 is 1.